The van der Waals surface area contributed by atoms with Gasteiger partial charge in [0.15, 0.2) is 0 Å². The predicted molar refractivity (Wildman–Crippen MR) is 74.5 cm³/mol. The minimum Gasteiger partial charge on any atom is -0.464 e. The molecule has 0 radical (unpaired) electrons. The lowest BCUT2D eigenvalue weighted by Crippen LogP contribution is -2.12. The molecule has 18 heavy (non-hydrogen) atoms. The van der Waals surface area contributed by atoms with Gasteiger partial charge in [-0.3, -0.25) is 0 Å². The molecule has 0 spiro atoms. The second-order valence-electron chi connectivity index (χ2n) is 4.00. The second-order valence-corrected chi connectivity index (χ2v) is 5.00. The predicted octanol–water partition coefficient (Wildman–Crippen LogP) is 3.47. The average Bonchev–Trinajstić information content (AvgIpc) is 2.86. The van der Waals surface area contributed by atoms with E-state index < -0.39 is 0 Å². The first-order valence-electron chi connectivity index (χ1n) is 6.20. The molecule has 3 nitrogen and oxygen atoms in total. The van der Waals surface area contributed by atoms with Crippen LogP contribution in [0.25, 0.3) is 0 Å². The molecule has 4 heteroatoms. The van der Waals surface area contributed by atoms with E-state index in [4.69, 9.17) is 4.42 Å². The van der Waals surface area contributed by atoms with Gasteiger partial charge in [-0.25, -0.2) is 4.98 Å². The zero-order chi connectivity index (χ0) is 12.6. The largest absolute Gasteiger partial charge is 0.464 e. The van der Waals surface area contributed by atoms with Crippen molar-refractivity contribution in [3.8, 4) is 0 Å². The van der Waals surface area contributed by atoms with Crippen LogP contribution in [0.2, 0.25) is 0 Å². The summed E-state index contributed by atoms with van der Waals surface area (Å²) >= 11 is 1.69. The van der Waals surface area contributed by atoms with Gasteiger partial charge in [0.05, 0.1) is 17.3 Å². The van der Waals surface area contributed by atoms with Crippen LogP contribution in [0.5, 0.6) is 0 Å². The molecule has 1 N–H and O–H groups in total. The van der Waals surface area contributed by atoms with Crippen molar-refractivity contribution in [2.45, 2.75) is 30.7 Å². The summed E-state index contributed by atoms with van der Waals surface area (Å²) in [5, 5.41) is 4.35. The zero-order valence-corrected chi connectivity index (χ0v) is 11.4. The molecule has 2 aromatic rings. The summed E-state index contributed by atoms with van der Waals surface area (Å²) in [4.78, 5) is 4.27. The van der Waals surface area contributed by atoms with Gasteiger partial charge in [-0.05, 0) is 37.2 Å². The number of nitrogens with zero attached hydrogens (tertiary/aromatic N) is 1. The molecule has 0 aliphatic heterocycles. The maximum absolute atomic E-state index is 5.74. The van der Waals surface area contributed by atoms with E-state index in [2.05, 4.69) is 17.2 Å². The summed E-state index contributed by atoms with van der Waals surface area (Å²) in [6.07, 6.45) is 2.95. The van der Waals surface area contributed by atoms with E-state index in [1.165, 1.54) is 0 Å². The Morgan fingerprint density at radius 3 is 2.89 bits per heavy atom. The third-order valence-corrected chi connectivity index (χ3v) is 3.41. The molecule has 0 aliphatic carbocycles. The molecule has 0 aromatic carbocycles. The van der Waals surface area contributed by atoms with Crippen molar-refractivity contribution < 1.29 is 4.42 Å². The summed E-state index contributed by atoms with van der Waals surface area (Å²) < 4.78 is 5.74. The van der Waals surface area contributed by atoms with Gasteiger partial charge >= 0.3 is 0 Å². The summed E-state index contributed by atoms with van der Waals surface area (Å²) in [6.45, 7) is 3.99. The molecular weight excluding hydrogens is 244 g/mol. The monoisotopic (exact) mass is 262 g/mol. The molecule has 0 fully saturated rings. The van der Waals surface area contributed by atoms with Crippen molar-refractivity contribution >= 4 is 11.8 Å². The van der Waals surface area contributed by atoms with E-state index in [-0.39, 0.29) is 0 Å². The van der Waals surface area contributed by atoms with Crippen molar-refractivity contribution in [2.24, 2.45) is 0 Å². The Balaban J connectivity index is 1.80. The van der Waals surface area contributed by atoms with Gasteiger partial charge in [0.2, 0.25) is 0 Å². The maximum Gasteiger partial charge on any atom is 0.118 e. The number of thioether (sulfide) groups is 1. The van der Waals surface area contributed by atoms with Crippen LogP contribution in [0.1, 0.15) is 24.9 Å². The molecule has 0 amide bonds. The van der Waals surface area contributed by atoms with Crippen molar-refractivity contribution in [2.75, 3.05) is 6.54 Å². The van der Waals surface area contributed by atoms with E-state index in [0.29, 0.717) is 0 Å². The highest BCUT2D eigenvalue weighted by atomic mass is 32.2. The number of pyridine rings is 1. The lowest BCUT2D eigenvalue weighted by atomic mass is 10.4. The summed E-state index contributed by atoms with van der Waals surface area (Å²) in [7, 11) is 0. The highest BCUT2D eigenvalue weighted by Crippen LogP contribution is 2.21. The fourth-order valence-corrected chi connectivity index (χ4v) is 2.32. The van der Waals surface area contributed by atoms with Crippen molar-refractivity contribution in [1.82, 2.24) is 10.3 Å². The summed E-state index contributed by atoms with van der Waals surface area (Å²) in [5.41, 5.74) is 0. The Morgan fingerprint density at radius 2 is 2.11 bits per heavy atom. The lowest BCUT2D eigenvalue weighted by molar-refractivity contribution is 0.459. The Labute approximate surface area is 112 Å². The van der Waals surface area contributed by atoms with Crippen molar-refractivity contribution in [1.29, 1.82) is 0 Å². The van der Waals surface area contributed by atoms with Crippen LogP contribution in [-0.2, 0) is 12.3 Å². The van der Waals surface area contributed by atoms with Gasteiger partial charge in [0.25, 0.3) is 0 Å². The standard InChI is InChI=1S/C14H18N2OS/c1-2-8-15-10-12-6-7-13(17-12)11-18-14-5-3-4-9-16-14/h3-7,9,15H,2,8,10-11H2,1H3. The van der Waals surface area contributed by atoms with Crippen molar-refractivity contribution in [3.63, 3.8) is 0 Å². The topological polar surface area (TPSA) is 38.1 Å². The summed E-state index contributed by atoms with van der Waals surface area (Å²) in [5.74, 6) is 2.82. The quantitative estimate of drug-likeness (QED) is 0.612. The first-order chi connectivity index (χ1) is 8.88. The molecule has 0 aliphatic rings. The van der Waals surface area contributed by atoms with Crippen LogP contribution < -0.4 is 5.32 Å². The number of hydrogen-bond acceptors (Lipinski definition) is 4. The second kappa shape index (κ2) is 7.24. The van der Waals surface area contributed by atoms with Gasteiger partial charge in [0.1, 0.15) is 11.5 Å². The number of furan rings is 1. The van der Waals surface area contributed by atoms with Gasteiger partial charge < -0.3 is 9.73 Å². The molecule has 0 saturated carbocycles. The molecule has 0 unspecified atom stereocenters. The SMILES string of the molecule is CCCNCc1ccc(CSc2ccccn2)o1. The molecule has 0 saturated heterocycles. The third-order valence-electron chi connectivity index (χ3n) is 2.44. The van der Waals surface area contributed by atoms with E-state index >= 15 is 0 Å². The number of nitrogens with one attached hydrogen (secondary N) is 1. The van der Waals surface area contributed by atoms with E-state index in [9.17, 15) is 0 Å². The fraction of sp³-hybridized carbons (Fsp3) is 0.357. The highest BCUT2D eigenvalue weighted by molar-refractivity contribution is 7.98. The smallest absolute Gasteiger partial charge is 0.118 e. The number of rotatable bonds is 7. The molecule has 2 heterocycles. The minimum absolute atomic E-state index is 0.808. The first kappa shape index (κ1) is 13.2. The molecule has 0 bridgehead atoms. The van der Waals surface area contributed by atoms with Crippen LogP contribution in [0.15, 0.2) is 46.0 Å². The Morgan fingerprint density at radius 1 is 1.22 bits per heavy atom. The Kier molecular flexibility index (Phi) is 5.30. The molecule has 96 valence electrons. The zero-order valence-electron chi connectivity index (χ0n) is 10.6. The normalized spacial score (nSPS) is 10.7. The minimum atomic E-state index is 0.808. The fourth-order valence-electron chi connectivity index (χ4n) is 1.56. The van der Waals surface area contributed by atoms with Crippen LogP contribution >= 0.6 is 11.8 Å². The third kappa shape index (κ3) is 4.20. The highest BCUT2D eigenvalue weighted by Gasteiger charge is 2.03. The van der Waals surface area contributed by atoms with Crippen LogP contribution in [0.4, 0.5) is 0 Å². The van der Waals surface area contributed by atoms with Crippen molar-refractivity contribution in [3.05, 3.63) is 48.0 Å². The van der Waals surface area contributed by atoms with Crippen LogP contribution in [0.3, 0.4) is 0 Å². The van der Waals surface area contributed by atoms with Gasteiger partial charge in [-0.2, -0.15) is 0 Å². The first-order valence-corrected chi connectivity index (χ1v) is 7.19. The molecular formula is C14H18N2OS. The van der Waals surface area contributed by atoms with E-state index in [1.807, 2.05) is 36.5 Å². The van der Waals surface area contributed by atoms with Crippen LogP contribution in [0, 0.1) is 0 Å². The Bertz CT molecular complexity index is 456. The molecule has 2 rings (SSSR count). The Hall–Kier alpha value is -1.26. The van der Waals surface area contributed by atoms with Gasteiger partial charge in [-0.1, -0.05) is 24.8 Å². The van der Waals surface area contributed by atoms with Crippen LogP contribution in [-0.4, -0.2) is 11.5 Å². The molecule has 0 atom stereocenters. The number of hydrogen-bond donors (Lipinski definition) is 1. The van der Waals surface area contributed by atoms with E-state index in [0.717, 1.165) is 41.8 Å². The lowest BCUT2D eigenvalue weighted by Gasteiger charge is -2.00. The maximum atomic E-state index is 5.74. The summed E-state index contributed by atoms with van der Waals surface area (Å²) in [6, 6.07) is 10.0. The van der Waals surface area contributed by atoms with Gasteiger partial charge in [-0.15, -0.1) is 0 Å². The number of aromatic nitrogens is 1. The van der Waals surface area contributed by atoms with E-state index in [1.54, 1.807) is 11.8 Å². The van der Waals surface area contributed by atoms with Gasteiger partial charge in [0, 0.05) is 6.20 Å². The average molecular weight is 262 g/mol. The molecule has 2 aromatic heterocycles.